The molecule has 8 heteroatoms. The number of rotatable bonds is 4. The van der Waals surface area contributed by atoms with Gasteiger partial charge >= 0.3 is 5.97 Å². The number of carboxylic acids is 1. The lowest BCUT2D eigenvalue weighted by Crippen LogP contribution is -2.32. The molecule has 1 amide bonds. The normalized spacial score (nSPS) is 10.7. The highest BCUT2D eigenvalue weighted by atomic mass is 16.4. The molecular weight excluding hydrogens is 312 g/mol. The number of fused-ring (bicyclic) bond motifs is 1. The van der Waals surface area contributed by atoms with Crippen molar-refractivity contribution < 1.29 is 14.7 Å². The summed E-state index contributed by atoms with van der Waals surface area (Å²) in [5, 5.41) is 19.3. The summed E-state index contributed by atoms with van der Waals surface area (Å²) < 4.78 is 1.21. The van der Waals surface area contributed by atoms with Crippen molar-refractivity contribution in [2.24, 2.45) is 0 Å². The average molecular weight is 326 g/mol. The Morgan fingerprint density at radius 3 is 2.88 bits per heavy atom. The van der Waals surface area contributed by atoms with Gasteiger partial charge in [-0.3, -0.25) is 14.7 Å². The second kappa shape index (κ2) is 5.99. The molecule has 0 aliphatic rings. The van der Waals surface area contributed by atoms with Crippen molar-refractivity contribution in [1.82, 2.24) is 20.1 Å². The molecule has 0 fully saturated rings. The number of hydrogen-bond acceptors (Lipinski definition) is 4. The first kappa shape index (κ1) is 15.5. The third kappa shape index (κ3) is 2.65. The molecule has 3 rings (SSSR count). The highest BCUT2D eigenvalue weighted by Crippen LogP contribution is 2.16. The SMILES string of the molecule is CNC(=O)c1cc(C(=O)O)cn(Cc2cccc3cn[nH]c23)c1=O. The summed E-state index contributed by atoms with van der Waals surface area (Å²) in [6.45, 7) is 0.115. The number of carbonyl (C=O) groups excluding carboxylic acids is 1. The molecule has 0 radical (unpaired) electrons. The Morgan fingerprint density at radius 2 is 2.17 bits per heavy atom. The Hall–Kier alpha value is -3.42. The Balaban J connectivity index is 2.15. The average Bonchev–Trinajstić information content (AvgIpc) is 3.05. The van der Waals surface area contributed by atoms with Gasteiger partial charge in [0.05, 0.1) is 23.8 Å². The van der Waals surface area contributed by atoms with Gasteiger partial charge in [-0.15, -0.1) is 0 Å². The van der Waals surface area contributed by atoms with E-state index in [-0.39, 0.29) is 17.7 Å². The lowest BCUT2D eigenvalue weighted by Gasteiger charge is -2.10. The third-order valence-corrected chi connectivity index (χ3v) is 3.71. The Morgan fingerprint density at radius 1 is 1.38 bits per heavy atom. The number of pyridine rings is 1. The Kier molecular flexibility index (Phi) is 3.87. The van der Waals surface area contributed by atoms with Crippen molar-refractivity contribution >= 4 is 22.8 Å². The summed E-state index contributed by atoms with van der Waals surface area (Å²) in [5.74, 6) is -1.84. The molecule has 2 heterocycles. The first-order chi connectivity index (χ1) is 11.5. The fraction of sp³-hybridized carbons (Fsp3) is 0.125. The fourth-order valence-electron chi connectivity index (χ4n) is 2.51. The topological polar surface area (TPSA) is 117 Å². The highest BCUT2D eigenvalue weighted by Gasteiger charge is 2.17. The van der Waals surface area contributed by atoms with Crippen LogP contribution in [-0.2, 0) is 6.54 Å². The number of aromatic amines is 1. The molecule has 0 atom stereocenters. The van der Waals surface area contributed by atoms with Gasteiger partial charge in [-0.05, 0) is 11.6 Å². The van der Waals surface area contributed by atoms with Crippen LogP contribution in [0.5, 0.6) is 0 Å². The monoisotopic (exact) mass is 326 g/mol. The second-order valence-corrected chi connectivity index (χ2v) is 5.21. The smallest absolute Gasteiger partial charge is 0.337 e. The maximum Gasteiger partial charge on any atom is 0.337 e. The molecule has 8 nitrogen and oxygen atoms in total. The summed E-state index contributed by atoms with van der Waals surface area (Å²) >= 11 is 0. The largest absolute Gasteiger partial charge is 0.478 e. The number of aromatic carboxylic acids is 1. The maximum absolute atomic E-state index is 12.5. The predicted octanol–water partition coefficient (Wildman–Crippen LogP) is 0.831. The fourth-order valence-corrected chi connectivity index (χ4v) is 2.51. The molecule has 0 saturated carbocycles. The van der Waals surface area contributed by atoms with Crippen molar-refractivity contribution in [2.45, 2.75) is 6.54 Å². The number of carboxylic acid groups (broad SMARTS) is 1. The quantitative estimate of drug-likeness (QED) is 0.656. The van der Waals surface area contributed by atoms with Gasteiger partial charge in [0.25, 0.3) is 11.5 Å². The molecule has 24 heavy (non-hydrogen) atoms. The van der Waals surface area contributed by atoms with E-state index in [1.807, 2.05) is 12.1 Å². The number of nitrogens with one attached hydrogen (secondary N) is 2. The van der Waals surface area contributed by atoms with Gasteiger partial charge in [-0.1, -0.05) is 18.2 Å². The number of carbonyl (C=O) groups is 2. The molecule has 0 bridgehead atoms. The van der Waals surface area contributed by atoms with E-state index in [0.717, 1.165) is 22.5 Å². The number of para-hydroxylation sites is 1. The van der Waals surface area contributed by atoms with E-state index < -0.39 is 17.4 Å². The van der Waals surface area contributed by atoms with Crippen LogP contribution in [0.4, 0.5) is 0 Å². The number of H-pyrrole nitrogens is 1. The van der Waals surface area contributed by atoms with Gasteiger partial charge in [0.2, 0.25) is 0 Å². The van der Waals surface area contributed by atoms with Gasteiger partial charge in [-0.25, -0.2) is 4.79 Å². The van der Waals surface area contributed by atoms with Gasteiger partial charge in [0, 0.05) is 18.6 Å². The molecule has 0 unspecified atom stereocenters. The minimum absolute atomic E-state index is 0.115. The van der Waals surface area contributed by atoms with Gasteiger partial charge in [0.15, 0.2) is 0 Å². The van der Waals surface area contributed by atoms with E-state index >= 15 is 0 Å². The van der Waals surface area contributed by atoms with Crippen molar-refractivity contribution in [1.29, 1.82) is 0 Å². The first-order valence-corrected chi connectivity index (χ1v) is 7.12. The molecule has 2 aromatic heterocycles. The minimum Gasteiger partial charge on any atom is -0.478 e. The van der Waals surface area contributed by atoms with Gasteiger partial charge in [0.1, 0.15) is 5.56 Å². The van der Waals surface area contributed by atoms with Crippen LogP contribution >= 0.6 is 0 Å². The van der Waals surface area contributed by atoms with E-state index in [4.69, 9.17) is 0 Å². The Bertz CT molecular complexity index is 1000. The summed E-state index contributed by atoms with van der Waals surface area (Å²) in [7, 11) is 1.38. The zero-order chi connectivity index (χ0) is 17.3. The lowest BCUT2D eigenvalue weighted by molar-refractivity contribution is 0.0696. The van der Waals surface area contributed by atoms with E-state index in [1.165, 1.54) is 17.8 Å². The van der Waals surface area contributed by atoms with Gasteiger partial charge < -0.3 is 15.0 Å². The molecule has 0 saturated heterocycles. The molecule has 1 aromatic carbocycles. The van der Waals surface area contributed by atoms with Crippen LogP contribution < -0.4 is 10.9 Å². The molecule has 0 aliphatic carbocycles. The van der Waals surface area contributed by atoms with E-state index in [9.17, 15) is 19.5 Å². The predicted molar refractivity (Wildman–Crippen MR) is 86.2 cm³/mol. The summed E-state index contributed by atoms with van der Waals surface area (Å²) in [6, 6.07) is 6.57. The van der Waals surface area contributed by atoms with Crippen LogP contribution in [0.25, 0.3) is 10.9 Å². The Labute approximate surface area is 135 Å². The van der Waals surface area contributed by atoms with Crippen LogP contribution in [0.1, 0.15) is 26.3 Å². The first-order valence-electron chi connectivity index (χ1n) is 7.12. The number of benzene rings is 1. The lowest BCUT2D eigenvalue weighted by atomic mass is 10.1. The van der Waals surface area contributed by atoms with E-state index in [0.29, 0.717) is 0 Å². The van der Waals surface area contributed by atoms with E-state index in [2.05, 4.69) is 15.5 Å². The number of nitrogens with zero attached hydrogens (tertiary/aromatic N) is 2. The number of hydrogen-bond donors (Lipinski definition) is 3. The summed E-state index contributed by atoms with van der Waals surface area (Å²) in [6.07, 6.45) is 2.89. The second-order valence-electron chi connectivity index (χ2n) is 5.21. The standard InChI is InChI=1S/C16H14N4O4/c1-17-14(21)12-5-11(16(23)24)8-20(15(12)22)7-10-4-2-3-9-6-18-19-13(9)10/h2-6,8H,7H2,1H3,(H,17,21)(H,18,19)(H,23,24). The van der Waals surface area contributed by atoms with Crippen LogP contribution in [0.2, 0.25) is 0 Å². The van der Waals surface area contributed by atoms with Crippen molar-refractivity contribution in [3.05, 3.63) is 63.7 Å². The van der Waals surface area contributed by atoms with Crippen LogP contribution in [0, 0.1) is 0 Å². The van der Waals surface area contributed by atoms with Crippen molar-refractivity contribution in [3.63, 3.8) is 0 Å². The van der Waals surface area contributed by atoms with Crippen LogP contribution in [0.3, 0.4) is 0 Å². The summed E-state index contributed by atoms with van der Waals surface area (Å²) in [5.41, 5.74) is 0.610. The summed E-state index contributed by atoms with van der Waals surface area (Å²) in [4.78, 5) is 35.6. The maximum atomic E-state index is 12.5. The zero-order valence-electron chi connectivity index (χ0n) is 12.7. The molecule has 3 aromatic rings. The third-order valence-electron chi connectivity index (χ3n) is 3.71. The molecule has 0 aliphatic heterocycles. The highest BCUT2D eigenvalue weighted by molar-refractivity contribution is 5.96. The van der Waals surface area contributed by atoms with Gasteiger partial charge in [-0.2, -0.15) is 5.10 Å². The van der Waals surface area contributed by atoms with Crippen LogP contribution in [0.15, 0.2) is 41.5 Å². The van der Waals surface area contributed by atoms with Crippen LogP contribution in [-0.4, -0.2) is 38.8 Å². The molecule has 0 spiro atoms. The molecule has 3 N–H and O–H groups in total. The molecular formula is C16H14N4O4. The number of aromatic nitrogens is 3. The van der Waals surface area contributed by atoms with Crippen molar-refractivity contribution in [2.75, 3.05) is 7.05 Å². The van der Waals surface area contributed by atoms with E-state index in [1.54, 1.807) is 12.3 Å². The molecule has 122 valence electrons. The van der Waals surface area contributed by atoms with Crippen molar-refractivity contribution in [3.8, 4) is 0 Å². The number of amides is 1. The minimum atomic E-state index is -1.21. The zero-order valence-corrected chi connectivity index (χ0v) is 12.7.